The van der Waals surface area contributed by atoms with E-state index in [0.717, 1.165) is 6.07 Å². The van der Waals surface area contributed by atoms with Crippen molar-refractivity contribution in [2.45, 2.75) is 19.0 Å². The van der Waals surface area contributed by atoms with Crippen LogP contribution in [0.1, 0.15) is 17.5 Å². The number of aryl methyl sites for hydroxylation is 1. The lowest BCUT2D eigenvalue weighted by atomic mass is 10.1. The highest BCUT2D eigenvalue weighted by Crippen LogP contribution is 2.36. The molecular formula is C17H17ClF3N2O5S. The first-order valence-corrected chi connectivity index (χ1v) is 9.97. The Hall–Kier alpha value is -2.08. The molecule has 0 bridgehead atoms. The van der Waals surface area contributed by atoms with Crippen molar-refractivity contribution in [3.63, 3.8) is 0 Å². The van der Waals surface area contributed by atoms with Crippen molar-refractivity contribution in [3.8, 4) is 17.4 Å². The van der Waals surface area contributed by atoms with Crippen LogP contribution in [0, 0.1) is 6.92 Å². The number of alkyl halides is 3. The van der Waals surface area contributed by atoms with Crippen LogP contribution in [0.25, 0.3) is 0 Å². The Morgan fingerprint density at radius 3 is 2.52 bits per heavy atom. The third-order valence-electron chi connectivity index (χ3n) is 3.43. The van der Waals surface area contributed by atoms with E-state index in [-0.39, 0.29) is 29.9 Å². The molecule has 1 radical (unpaired) electrons. The quantitative estimate of drug-likeness (QED) is 0.578. The maximum atomic E-state index is 12.7. The highest BCUT2D eigenvalue weighted by molar-refractivity contribution is 7.84. The molecule has 12 heteroatoms. The normalized spacial score (nSPS) is 12.1. The second-order valence-corrected chi connectivity index (χ2v) is 7.28. The van der Waals surface area contributed by atoms with Gasteiger partial charge in [0.15, 0.2) is 0 Å². The van der Waals surface area contributed by atoms with Crippen molar-refractivity contribution >= 4 is 21.9 Å². The van der Waals surface area contributed by atoms with E-state index in [1.165, 1.54) is 6.07 Å². The highest BCUT2D eigenvalue weighted by atomic mass is 35.5. The molecule has 7 nitrogen and oxygen atoms in total. The van der Waals surface area contributed by atoms with Gasteiger partial charge in [-0.3, -0.25) is 4.18 Å². The molecule has 2 N–H and O–H groups in total. The molecule has 0 saturated carbocycles. The number of halogens is 4. The first-order chi connectivity index (χ1) is 13.5. The maximum absolute atomic E-state index is 12.7. The molecule has 1 aromatic carbocycles. The molecule has 0 saturated heterocycles. The van der Waals surface area contributed by atoms with Crippen molar-refractivity contribution < 1.29 is 35.2 Å². The number of pyridine rings is 1. The second kappa shape index (κ2) is 9.61. The average molecular weight is 454 g/mol. The summed E-state index contributed by atoms with van der Waals surface area (Å²) in [5.74, 6) is 0.348. The molecular weight excluding hydrogens is 437 g/mol. The minimum absolute atomic E-state index is 0.121. The Morgan fingerprint density at radius 2 is 1.93 bits per heavy atom. The first kappa shape index (κ1) is 23.2. The first-order valence-electron chi connectivity index (χ1n) is 8.12. The molecule has 0 atom stereocenters. The molecule has 0 spiro atoms. The fourth-order valence-electron chi connectivity index (χ4n) is 2.19. The number of hydrogen-bond donors (Lipinski definition) is 1. The topological polar surface area (TPSA) is 101 Å². The summed E-state index contributed by atoms with van der Waals surface area (Å²) in [7, 11) is -4.07. The van der Waals surface area contributed by atoms with Crippen molar-refractivity contribution in [2.24, 2.45) is 5.14 Å². The van der Waals surface area contributed by atoms with Crippen LogP contribution < -0.4 is 14.6 Å². The fourth-order valence-corrected chi connectivity index (χ4v) is 2.69. The zero-order chi connectivity index (χ0) is 21.7. The molecule has 29 heavy (non-hydrogen) atoms. The van der Waals surface area contributed by atoms with Gasteiger partial charge in [0.05, 0.1) is 5.56 Å². The van der Waals surface area contributed by atoms with Gasteiger partial charge in [0.1, 0.15) is 29.7 Å². The third-order valence-corrected chi connectivity index (χ3v) is 4.19. The summed E-state index contributed by atoms with van der Waals surface area (Å²) in [5.41, 5.74) is -0.300. The van der Waals surface area contributed by atoms with Crippen LogP contribution in [0.3, 0.4) is 0 Å². The summed E-state index contributed by atoms with van der Waals surface area (Å²) in [6.07, 6.45) is -2.91. The molecule has 1 aromatic heterocycles. The van der Waals surface area contributed by atoms with Gasteiger partial charge in [-0.25, -0.2) is 10.1 Å². The van der Waals surface area contributed by atoms with Gasteiger partial charge >= 0.3 is 16.5 Å². The van der Waals surface area contributed by atoms with Crippen molar-refractivity contribution in [2.75, 3.05) is 13.2 Å². The number of aromatic nitrogens is 1. The van der Waals surface area contributed by atoms with Crippen molar-refractivity contribution in [1.29, 1.82) is 0 Å². The van der Waals surface area contributed by atoms with Gasteiger partial charge in [-0.1, -0.05) is 24.6 Å². The second-order valence-electron chi connectivity index (χ2n) is 5.65. The molecule has 0 aliphatic heterocycles. The summed E-state index contributed by atoms with van der Waals surface area (Å²) in [5, 5.41) is 4.40. The van der Waals surface area contributed by atoms with Crippen LogP contribution in [0.5, 0.6) is 17.4 Å². The van der Waals surface area contributed by atoms with Gasteiger partial charge in [0.25, 0.3) is 0 Å². The van der Waals surface area contributed by atoms with E-state index < -0.39 is 22.0 Å². The summed E-state index contributed by atoms with van der Waals surface area (Å²) < 4.78 is 75.0. The number of benzene rings is 1. The molecule has 0 aliphatic carbocycles. The van der Waals surface area contributed by atoms with E-state index in [1.54, 1.807) is 12.1 Å². The van der Waals surface area contributed by atoms with Crippen molar-refractivity contribution in [3.05, 3.63) is 53.5 Å². The lowest BCUT2D eigenvalue weighted by Gasteiger charge is -2.14. The van der Waals surface area contributed by atoms with Gasteiger partial charge in [-0.05, 0) is 30.5 Å². The lowest BCUT2D eigenvalue weighted by molar-refractivity contribution is -0.137. The Balaban J connectivity index is 2.19. The van der Waals surface area contributed by atoms with E-state index in [0.29, 0.717) is 30.4 Å². The van der Waals surface area contributed by atoms with Crippen LogP contribution in [0.2, 0.25) is 5.02 Å². The lowest BCUT2D eigenvalue weighted by Crippen LogP contribution is -2.19. The molecule has 2 rings (SSSR count). The summed E-state index contributed by atoms with van der Waals surface area (Å²) in [4.78, 5) is 3.64. The average Bonchev–Trinajstić information content (AvgIpc) is 2.61. The van der Waals surface area contributed by atoms with E-state index in [1.807, 2.05) is 0 Å². The summed E-state index contributed by atoms with van der Waals surface area (Å²) in [6, 6.07) is 5.47. The molecule has 0 aliphatic rings. The largest absolute Gasteiger partial charge is 0.491 e. The van der Waals surface area contributed by atoms with Gasteiger partial charge in [-0.15, -0.1) is 0 Å². The Bertz CT molecular complexity index is 955. The maximum Gasteiger partial charge on any atom is 0.417 e. The van der Waals surface area contributed by atoms with E-state index in [2.05, 4.69) is 16.1 Å². The van der Waals surface area contributed by atoms with Gasteiger partial charge in [0.2, 0.25) is 5.88 Å². The zero-order valence-electron chi connectivity index (χ0n) is 14.9. The van der Waals surface area contributed by atoms with Crippen LogP contribution >= 0.6 is 11.6 Å². The number of nitrogens with zero attached hydrogens (tertiary/aromatic N) is 1. The SMILES string of the molecule is [CH2]CCc1ccc(OCCOS(N)(=O)=O)cc1Oc1ncc(C(F)(F)F)cc1Cl. The molecule has 0 fully saturated rings. The van der Waals surface area contributed by atoms with Gasteiger partial charge in [-0.2, -0.15) is 21.6 Å². The molecule has 1 heterocycles. The fraction of sp³-hybridized carbons (Fsp3) is 0.294. The van der Waals surface area contributed by atoms with Crippen LogP contribution in [0.15, 0.2) is 30.5 Å². The van der Waals surface area contributed by atoms with Crippen LogP contribution in [-0.2, 0) is 27.1 Å². The monoisotopic (exact) mass is 453 g/mol. The van der Waals surface area contributed by atoms with Gasteiger partial charge < -0.3 is 9.47 Å². The molecule has 2 aromatic rings. The predicted octanol–water partition coefficient (Wildman–Crippen LogP) is 3.91. The summed E-state index contributed by atoms with van der Waals surface area (Å²) >= 11 is 5.88. The van der Waals surface area contributed by atoms with Gasteiger partial charge in [0, 0.05) is 12.3 Å². The number of hydrogen-bond acceptors (Lipinski definition) is 6. The molecule has 0 unspecified atom stereocenters. The standard InChI is InChI=1S/C17H17ClF3N2O5S/c1-2-3-11-4-5-13(26-6-7-27-29(22,24)25)9-15(11)28-16-14(18)8-12(10-23-16)17(19,20)21/h4-5,8-10H,1-3,6-7H2,(H2,22,24,25). The zero-order valence-corrected chi connectivity index (χ0v) is 16.5. The summed E-state index contributed by atoms with van der Waals surface area (Å²) in [6.45, 7) is 3.33. The van der Waals surface area contributed by atoms with Crippen LogP contribution in [-0.4, -0.2) is 26.6 Å². The van der Waals surface area contributed by atoms with E-state index in [4.69, 9.17) is 26.2 Å². The number of nitrogens with two attached hydrogens (primary N) is 1. The molecule has 159 valence electrons. The number of ether oxygens (including phenoxy) is 2. The van der Waals surface area contributed by atoms with E-state index >= 15 is 0 Å². The van der Waals surface area contributed by atoms with Crippen molar-refractivity contribution in [1.82, 2.24) is 4.98 Å². The minimum atomic E-state index is -4.58. The minimum Gasteiger partial charge on any atom is -0.491 e. The third kappa shape index (κ3) is 7.35. The molecule has 0 amide bonds. The Kier molecular flexibility index (Phi) is 7.69. The Labute approximate surface area is 170 Å². The number of rotatable bonds is 9. The smallest absolute Gasteiger partial charge is 0.417 e. The highest BCUT2D eigenvalue weighted by Gasteiger charge is 2.31. The predicted molar refractivity (Wildman–Crippen MR) is 99.0 cm³/mol. The van der Waals surface area contributed by atoms with Crippen LogP contribution in [0.4, 0.5) is 13.2 Å². The van der Waals surface area contributed by atoms with E-state index in [9.17, 15) is 21.6 Å². The Morgan fingerprint density at radius 1 is 1.21 bits per heavy atom.